The van der Waals surface area contributed by atoms with Crippen molar-refractivity contribution in [2.75, 3.05) is 19.0 Å². The molecule has 1 N–H and O–H groups in total. The molecule has 2 aromatic rings. The Morgan fingerprint density at radius 3 is 2.95 bits per heavy atom. The molecule has 110 valence electrons. The fraction of sp³-hybridized carbons (Fsp3) is 0.333. The van der Waals surface area contributed by atoms with Gasteiger partial charge in [-0.2, -0.15) is 0 Å². The summed E-state index contributed by atoms with van der Waals surface area (Å²) < 4.78 is 10.8. The summed E-state index contributed by atoms with van der Waals surface area (Å²) in [5.41, 5.74) is 0.521. The molecular weight excluding hydrogens is 288 g/mol. The zero-order chi connectivity index (χ0) is 14.7. The van der Waals surface area contributed by atoms with E-state index < -0.39 is 0 Å². The van der Waals surface area contributed by atoms with Crippen molar-refractivity contribution in [1.29, 1.82) is 0 Å². The van der Waals surface area contributed by atoms with E-state index in [1.165, 1.54) is 24.2 Å². The standard InChI is InChI=1S/C15H16N2O3S/c1-19-13-8-16-15(21-13)17-14(18)11-4-2-3-5-12(11)20-9-10-6-7-10/h2-5,8,10H,6-7,9H2,1H3,(H,16,17,18). The number of aromatic nitrogens is 1. The van der Waals surface area contributed by atoms with Gasteiger partial charge in [0.15, 0.2) is 10.2 Å². The number of nitrogens with one attached hydrogen (secondary N) is 1. The van der Waals surface area contributed by atoms with E-state index in [1.807, 2.05) is 18.2 Å². The minimum atomic E-state index is -0.224. The number of benzene rings is 1. The third-order valence-electron chi connectivity index (χ3n) is 3.21. The summed E-state index contributed by atoms with van der Waals surface area (Å²) in [6, 6.07) is 7.26. The summed E-state index contributed by atoms with van der Waals surface area (Å²) >= 11 is 1.28. The minimum absolute atomic E-state index is 0.224. The minimum Gasteiger partial charge on any atom is -0.492 e. The van der Waals surface area contributed by atoms with Crippen molar-refractivity contribution >= 4 is 22.4 Å². The second kappa shape index (κ2) is 6.13. The fourth-order valence-electron chi connectivity index (χ4n) is 1.85. The van der Waals surface area contributed by atoms with E-state index in [0.717, 1.165) is 0 Å². The second-order valence-electron chi connectivity index (χ2n) is 4.89. The molecule has 1 fully saturated rings. The molecule has 0 saturated heterocycles. The van der Waals surface area contributed by atoms with Crippen LogP contribution in [0.25, 0.3) is 0 Å². The van der Waals surface area contributed by atoms with Crippen LogP contribution < -0.4 is 14.8 Å². The number of ether oxygens (including phenoxy) is 2. The molecule has 3 rings (SSSR count). The molecule has 0 bridgehead atoms. The van der Waals surface area contributed by atoms with E-state index in [0.29, 0.717) is 34.0 Å². The first-order valence-electron chi connectivity index (χ1n) is 6.79. The van der Waals surface area contributed by atoms with Gasteiger partial charge < -0.3 is 9.47 Å². The normalized spacial score (nSPS) is 13.8. The van der Waals surface area contributed by atoms with Gasteiger partial charge in [-0.1, -0.05) is 23.5 Å². The van der Waals surface area contributed by atoms with Crippen molar-refractivity contribution in [1.82, 2.24) is 4.98 Å². The molecule has 21 heavy (non-hydrogen) atoms. The van der Waals surface area contributed by atoms with E-state index in [-0.39, 0.29) is 5.91 Å². The predicted molar refractivity (Wildman–Crippen MR) is 81.3 cm³/mol. The number of carbonyl (C=O) groups is 1. The van der Waals surface area contributed by atoms with Crippen LogP contribution in [0.1, 0.15) is 23.2 Å². The van der Waals surface area contributed by atoms with Gasteiger partial charge >= 0.3 is 0 Å². The monoisotopic (exact) mass is 304 g/mol. The fourth-order valence-corrected chi connectivity index (χ4v) is 2.48. The molecule has 1 aliphatic rings. The van der Waals surface area contributed by atoms with Gasteiger partial charge in [-0.15, -0.1) is 0 Å². The number of hydrogen-bond acceptors (Lipinski definition) is 5. The third-order valence-corrected chi connectivity index (χ3v) is 4.08. The van der Waals surface area contributed by atoms with Crippen LogP contribution >= 0.6 is 11.3 Å². The first-order chi connectivity index (χ1) is 10.3. The van der Waals surface area contributed by atoms with Crippen LogP contribution in [-0.4, -0.2) is 24.6 Å². The zero-order valence-electron chi connectivity index (χ0n) is 11.7. The SMILES string of the molecule is COc1cnc(NC(=O)c2ccccc2OCC2CC2)s1. The van der Waals surface area contributed by atoms with Crippen LogP contribution in [0.3, 0.4) is 0 Å². The van der Waals surface area contributed by atoms with Gasteiger partial charge in [0, 0.05) is 0 Å². The Balaban J connectivity index is 1.70. The maximum absolute atomic E-state index is 12.3. The van der Waals surface area contributed by atoms with Gasteiger partial charge in [-0.25, -0.2) is 4.98 Å². The highest BCUT2D eigenvalue weighted by Crippen LogP contribution is 2.31. The maximum Gasteiger partial charge on any atom is 0.261 e. The molecule has 1 heterocycles. The van der Waals surface area contributed by atoms with Crippen molar-refractivity contribution < 1.29 is 14.3 Å². The topological polar surface area (TPSA) is 60.5 Å². The van der Waals surface area contributed by atoms with Gasteiger partial charge in [-0.05, 0) is 30.9 Å². The average Bonchev–Trinajstić information content (AvgIpc) is 3.23. The van der Waals surface area contributed by atoms with E-state index in [4.69, 9.17) is 9.47 Å². The van der Waals surface area contributed by atoms with E-state index >= 15 is 0 Å². The van der Waals surface area contributed by atoms with E-state index in [1.54, 1.807) is 19.4 Å². The zero-order valence-corrected chi connectivity index (χ0v) is 12.5. The van der Waals surface area contributed by atoms with Gasteiger partial charge in [0.2, 0.25) is 0 Å². The van der Waals surface area contributed by atoms with Gasteiger partial charge in [0.05, 0.1) is 25.5 Å². The van der Waals surface area contributed by atoms with Crippen LogP contribution in [0.15, 0.2) is 30.5 Å². The van der Waals surface area contributed by atoms with E-state index in [9.17, 15) is 4.79 Å². The second-order valence-corrected chi connectivity index (χ2v) is 5.89. The Hall–Kier alpha value is -2.08. The number of methoxy groups -OCH3 is 1. The number of nitrogens with zero attached hydrogens (tertiary/aromatic N) is 1. The lowest BCUT2D eigenvalue weighted by Crippen LogP contribution is -2.14. The van der Waals surface area contributed by atoms with Crippen LogP contribution in [0, 0.1) is 5.92 Å². The van der Waals surface area contributed by atoms with Crippen molar-refractivity contribution in [3.8, 4) is 10.8 Å². The van der Waals surface area contributed by atoms with Crippen molar-refractivity contribution in [2.24, 2.45) is 5.92 Å². The molecule has 0 spiro atoms. The Morgan fingerprint density at radius 1 is 1.43 bits per heavy atom. The maximum atomic E-state index is 12.3. The number of para-hydroxylation sites is 1. The molecule has 0 unspecified atom stereocenters. The number of anilines is 1. The quantitative estimate of drug-likeness (QED) is 0.890. The molecular formula is C15H16N2O3S. The Labute approximate surface area is 126 Å². The lowest BCUT2D eigenvalue weighted by molar-refractivity contribution is 0.102. The Kier molecular flexibility index (Phi) is 4.06. The van der Waals surface area contributed by atoms with Crippen molar-refractivity contribution in [3.63, 3.8) is 0 Å². The van der Waals surface area contributed by atoms with Crippen LogP contribution in [-0.2, 0) is 0 Å². The molecule has 0 atom stereocenters. The number of amides is 1. The molecule has 1 saturated carbocycles. The van der Waals surface area contributed by atoms with Gasteiger partial charge in [0.1, 0.15) is 5.75 Å². The molecule has 1 aromatic carbocycles. The van der Waals surface area contributed by atoms with Crippen LogP contribution in [0.4, 0.5) is 5.13 Å². The van der Waals surface area contributed by atoms with E-state index in [2.05, 4.69) is 10.3 Å². The first-order valence-corrected chi connectivity index (χ1v) is 7.61. The summed E-state index contributed by atoms with van der Waals surface area (Å²) in [5, 5.41) is 3.93. The number of thiazole rings is 1. The average molecular weight is 304 g/mol. The van der Waals surface area contributed by atoms with Crippen molar-refractivity contribution in [3.05, 3.63) is 36.0 Å². The summed E-state index contributed by atoms with van der Waals surface area (Å²) in [5.74, 6) is 1.04. The van der Waals surface area contributed by atoms with Crippen LogP contribution in [0.5, 0.6) is 10.8 Å². The molecule has 0 aliphatic heterocycles. The highest BCUT2D eigenvalue weighted by atomic mass is 32.1. The molecule has 1 aliphatic carbocycles. The molecule has 6 heteroatoms. The molecule has 1 aromatic heterocycles. The number of carbonyl (C=O) groups excluding carboxylic acids is 1. The lowest BCUT2D eigenvalue weighted by Gasteiger charge is -2.10. The summed E-state index contributed by atoms with van der Waals surface area (Å²) in [7, 11) is 1.57. The molecule has 1 amide bonds. The molecule has 0 radical (unpaired) electrons. The highest BCUT2D eigenvalue weighted by Gasteiger charge is 2.23. The van der Waals surface area contributed by atoms with Crippen LogP contribution in [0.2, 0.25) is 0 Å². The number of rotatable bonds is 6. The van der Waals surface area contributed by atoms with Gasteiger partial charge in [-0.3, -0.25) is 10.1 Å². The summed E-state index contributed by atoms with van der Waals surface area (Å²) in [6.45, 7) is 0.676. The summed E-state index contributed by atoms with van der Waals surface area (Å²) in [4.78, 5) is 16.4. The largest absolute Gasteiger partial charge is 0.492 e. The summed E-state index contributed by atoms with van der Waals surface area (Å²) in [6.07, 6.45) is 4.01. The highest BCUT2D eigenvalue weighted by molar-refractivity contribution is 7.17. The smallest absolute Gasteiger partial charge is 0.261 e. The Morgan fingerprint density at radius 2 is 2.24 bits per heavy atom. The molecule has 5 nitrogen and oxygen atoms in total. The Bertz CT molecular complexity index is 637. The van der Waals surface area contributed by atoms with Gasteiger partial charge in [0.25, 0.3) is 5.91 Å². The first kappa shape index (κ1) is 13.9. The lowest BCUT2D eigenvalue weighted by atomic mass is 10.2. The number of hydrogen-bond donors (Lipinski definition) is 1. The van der Waals surface area contributed by atoms with Crippen molar-refractivity contribution in [2.45, 2.75) is 12.8 Å². The predicted octanol–water partition coefficient (Wildman–Crippen LogP) is 3.19. The third kappa shape index (κ3) is 3.52.